The molecule has 0 fully saturated rings. The first kappa shape index (κ1) is 17.2. The lowest BCUT2D eigenvalue weighted by molar-refractivity contribution is 0.0280. The second-order valence-electron chi connectivity index (χ2n) is 5.66. The molecule has 1 aromatic carbocycles. The van der Waals surface area contributed by atoms with Crippen molar-refractivity contribution in [3.05, 3.63) is 53.2 Å². The van der Waals surface area contributed by atoms with Gasteiger partial charge in [-0.1, -0.05) is 6.07 Å². The van der Waals surface area contributed by atoms with E-state index in [1.54, 1.807) is 31.2 Å². The molecule has 0 radical (unpaired) electrons. The van der Waals surface area contributed by atoms with Crippen molar-refractivity contribution in [1.29, 1.82) is 0 Å². The van der Waals surface area contributed by atoms with Gasteiger partial charge in [0.05, 0.1) is 16.5 Å². The molecule has 6 nitrogen and oxygen atoms in total. The Morgan fingerprint density at radius 2 is 1.88 bits per heavy atom. The van der Waals surface area contributed by atoms with E-state index in [2.05, 4.69) is 10.2 Å². The van der Waals surface area contributed by atoms with Crippen LogP contribution in [0.15, 0.2) is 46.2 Å². The minimum atomic E-state index is -0.639. The quantitative estimate of drug-likeness (QED) is 0.604. The number of hydrogen-bond acceptors (Lipinski definition) is 7. The summed E-state index contributed by atoms with van der Waals surface area (Å²) >= 11 is 1.50. The molecule has 0 saturated carbocycles. The van der Waals surface area contributed by atoms with E-state index in [9.17, 15) is 4.79 Å². The van der Waals surface area contributed by atoms with Crippen LogP contribution in [0.3, 0.4) is 0 Å². The molecule has 0 aliphatic carbocycles. The highest BCUT2D eigenvalue weighted by Gasteiger charge is 2.20. The van der Waals surface area contributed by atoms with E-state index in [4.69, 9.17) is 13.9 Å². The van der Waals surface area contributed by atoms with Crippen LogP contribution in [0.25, 0.3) is 10.8 Å². The molecule has 130 valence electrons. The van der Waals surface area contributed by atoms with Crippen LogP contribution in [0.1, 0.15) is 43.1 Å². The standard InChI is InChI=1S/C18H18N2O4S/c1-11(2)22-14-8-6-13(7-9-14)18(21)23-12(3)16-19-20-17(24-16)15-5-4-10-25-15/h4-12H,1-3H3/t12-/m0/s1. The fourth-order valence-corrected chi connectivity index (χ4v) is 2.76. The lowest BCUT2D eigenvalue weighted by Gasteiger charge is -2.11. The molecule has 0 unspecified atom stereocenters. The molecule has 25 heavy (non-hydrogen) atoms. The molecule has 2 heterocycles. The molecule has 0 N–H and O–H groups in total. The van der Waals surface area contributed by atoms with Crippen LogP contribution in [0.4, 0.5) is 0 Å². The van der Waals surface area contributed by atoms with Gasteiger partial charge in [0.25, 0.3) is 11.8 Å². The van der Waals surface area contributed by atoms with Crippen LogP contribution in [-0.2, 0) is 4.74 Å². The molecule has 7 heteroatoms. The van der Waals surface area contributed by atoms with Crippen LogP contribution in [0.5, 0.6) is 5.75 Å². The molecule has 1 atom stereocenters. The zero-order valence-electron chi connectivity index (χ0n) is 14.1. The summed E-state index contributed by atoms with van der Waals surface area (Å²) < 4.78 is 16.5. The van der Waals surface area contributed by atoms with Gasteiger partial charge in [0.2, 0.25) is 0 Å². The average Bonchev–Trinajstić information content (AvgIpc) is 3.26. The Morgan fingerprint density at radius 3 is 2.52 bits per heavy atom. The van der Waals surface area contributed by atoms with Gasteiger partial charge in [-0.15, -0.1) is 21.5 Å². The smallest absolute Gasteiger partial charge is 0.338 e. The minimum Gasteiger partial charge on any atom is -0.491 e. The second-order valence-corrected chi connectivity index (χ2v) is 6.61. The van der Waals surface area contributed by atoms with Gasteiger partial charge < -0.3 is 13.9 Å². The predicted octanol–water partition coefficient (Wildman–Crippen LogP) is 4.50. The second kappa shape index (κ2) is 7.48. The highest BCUT2D eigenvalue weighted by atomic mass is 32.1. The third kappa shape index (κ3) is 4.24. The third-order valence-electron chi connectivity index (χ3n) is 3.27. The molecule has 0 saturated heterocycles. The fourth-order valence-electron chi connectivity index (χ4n) is 2.12. The average molecular weight is 358 g/mol. The summed E-state index contributed by atoms with van der Waals surface area (Å²) in [6, 6.07) is 10.6. The summed E-state index contributed by atoms with van der Waals surface area (Å²) in [5.41, 5.74) is 0.431. The van der Waals surface area contributed by atoms with Gasteiger partial charge in [0.15, 0.2) is 6.10 Å². The summed E-state index contributed by atoms with van der Waals surface area (Å²) in [4.78, 5) is 13.1. The number of esters is 1. The normalized spacial score (nSPS) is 12.2. The first-order valence-electron chi connectivity index (χ1n) is 7.88. The molecule has 0 aliphatic heterocycles. The Hall–Kier alpha value is -2.67. The number of hydrogen-bond donors (Lipinski definition) is 0. The highest BCUT2D eigenvalue weighted by molar-refractivity contribution is 7.13. The van der Waals surface area contributed by atoms with Crippen molar-refractivity contribution < 1.29 is 18.7 Å². The highest BCUT2D eigenvalue weighted by Crippen LogP contribution is 2.26. The molecular weight excluding hydrogens is 340 g/mol. The van der Waals surface area contributed by atoms with Crippen molar-refractivity contribution in [2.75, 3.05) is 0 Å². The van der Waals surface area contributed by atoms with Gasteiger partial charge in [0, 0.05) is 0 Å². The largest absolute Gasteiger partial charge is 0.491 e. The van der Waals surface area contributed by atoms with Crippen LogP contribution >= 0.6 is 11.3 Å². The topological polar surface area (TPSA) is 74.5 Å². The summed E-state index contributed by atoms with van der Waals surface area (Å²) in [5, 5.41) is 9.87. The summed E-state index contributed by atoms with van der Waals surface area (Å²) in [6.07, 6.45) is -0.562. The van der Waals surface area contributed by atoms with Gasteiger partial charge >= 0.3 is 5.97 Å². The first-order chi connectivity index (χ1) is 12.0. The number of carbonyl (C=O) groups excluding carboxylic acids is 1. The van der Waals surface area contributed by atoms with Crippen LogP contribution in [0.2, 0.25) is 0 Å². The monoisotopic (exact) mass is 358 g/mol. The van der Waals surface area contributed by atoms with Crippen molar-refractivity contribution in [3.63, 3.8) is 0 Å². The summed E-state index contributed by atoms with van der Waals surface area (Å²) in [5.74, 6) is 0.927. The van der Waals surface area contributed by atoms with E-state index in [1.165, 1.54) is 11.3 Å². The van der Waals surface area contributed by atoms with Crippen molar-refractivity contribution in [2.45, 2.75) is 33.0 Å². The Labute approximate surface area is 149 Å². The van der Waals surface area contributed by atoms with Gasteiger partial charge in [-0.2, -0.15) is 0 Å². The SMILES string of the molecule is CC(C)Oc1ccc(C(=O)O[C@@H](C)c2nnc(-c3cccs3)o2)cc1. The molecule has 0 bridgehead atoms. The predicted molar refractivity (Wildman–Crippen MR) is 93.6 cm³/mol. The van der Waals surface area contributed by atoms with Crippen molar-refractivity contribution in [3.8, 4) is 16.5 Å². The summed E-state index contributed by atoms with van der Waals surface area (Å²) in [6.45, 7) is 5.58. The molecule has 0 aliphatic rings. The number of thiophene rings is 1. The van der Waals surface area contributed by atoms with E-state index in [0.29, 0.717) is 17.2 Å². The molecule has 0 spiro atoms. The third-order valence-corrected chi connectivity index (χ3v) is 4.12. The number of ether oxygens (including phenoxy) is 2. The number of nitrogens with zero attached hydrogens (tertiary/aromatic N) is 2. The minimum absolute atomic E-state index is 0.0768. The van der Waals surface area contributed by atoms with Crippen LogP contribution < -0.4 is 4.74 Å². The Morgan fingerprint density at radius 1 is 1.12 bits per heavy atom. The Bertz CT molecular complexity index is 825. The maximum Gasteiger partial charge on any atom is 0.338 e. The molecule has 3 rings (SSSR count). The van der Waals surface area contributed by atoms with Crippen molar-refractivity contribution >= 4 is 17.3 Å². The van der Waals surface area contributed by atoms with E-state index in [1.807, 2.05) is 31.4 Å². The molecule has 2 aromatic heterocycles. The lowest BCUT2D eigenvalue weighted by Crippen LogP contribution is -2.10. The Balaban J connectivity index is 1.64. The fraction of sp³-hybridized carbons (Fsp3) is 0.278. The van der Waals surface area contributed by atoms with Gasteiger partial charge in [-0.05, 0) is 56.5 Å². The zero-order valence-corrected chi connectivity index (χ0v) is 14.9. The van der Waals surface area contributed by atoms with Gasteiger partial charge in [-0.25, -0.2) is 4.79 Å². The number of aromatic nitrogens is 2. The zero-order chi connectivity index (χ0) is 17.8. The van der Waals surface area contributed by atoms with Crippen molar-refractivity contribution in [1.82, 2.24) is 10.2 Å². The maximum absolute atomic E-state index is 12.2. The number of carbonyl (C=O) groups is 1. The first-order valence-corrected chi connectivity index (χ1v) is 8.76. The van der Waals surface area contributed by atoms with Crippen LogP contribution in [0, 0.1) is 0 Å². The van der Waals surface area contributed by atoms with Crippen molar-refractivity contribution in [2.24, 2.45) is 0 Å². The van der Waals surface area contributed by atoms with Gasteiger partial charge in [0.1, 0.15) is 5.75 Å². The van der Waals surface area contributed by atoms with E-state index in [0.717, 1.165) is 4.88 Å². The molecule has 3 aromatic rings. The Kier molecular flexibility index (Phi) is 5.14. The van der Waals surface area contributed by atoms with E-state index < -0.39 is 12.1 Å². The maximum atomic E-state index is 12.2. The summed E-state index contributed by atoms with van der Waals surface area (Å²) in [7, 11) is 0. The van der Waals surface area contributed by atoms with E-state index >= 15 is 0 Å². The van der Waals surface area contributed by atoms with E-state index in [-0.39, 0.29) is 12.0 Å². The number of benzene rings is 1. The lowest BCUT2D eigenvalue weighted by atomic mass is 10.2. The molecule has 0 amide bonds. The number of rotatable bonds is 6. The van der Waals surface area contributed by atoms with Crippen LogP contribution in [-0.4, -0.2) is 22.3 Å². The van der Waals surface area contributed by atoms with Gasteiger partial charge in [-0.3, -0.25) is 0 Å². The molecular formula is C18H18N2O4S.